The molecule has 1 aliphatic rings. The Morgan fingerprint density at radius 2 is 1.93 bits per heavy atom. The predicted molar refractivity (Wildman–Crippen MR) is 56.4 cm³/mol. The second-order valence-corrected chi connectivity index (χ2v) is 4.01. The van der Waals surface area contributed by atoms with Crippen molar-refractivity contribution in [1.29, 1.82) is 0 Å². The molecule has 1 aromatic carbocycles. The fourth-order valence-electron chi connectivity index (χ4n) is 1.80. The fourth-order valence-corrected chi connectivity index (χ4v) is 1.80. The molecule has 3 nitrogen and oxygen atoms in total. The molecule has 2 amide bonds. The average Bonchev–Trinajstić information content (AvgIpc) is 2.50. The van der Waals surface area contributed by atoms with Crippen LogP contribution in [-0.4, -0.2) is 11.8 Å². The van der Waals surface area contributed by atoms with E-state index < -0.39 is 0 Å². The summed E-state index contributed by atoms with van der Waals surface area (Å²) in [5.41, 5.74) is 3.28. The first-order valence-electron chi connectivity index (χ1n) is 4.99. The molecule has 0 saturated carbocycles. The van der Waals surface area contributed by atoms with Crippen molar-refractivity contribution >= 4 is 11.8 Å². The van der Waals surface area contributed by atoms with Gasteiger partial charge in [0.15, 0.2) is 0 Å². The number of carbonyl (C=O) groups is 2. The van der Waals surface area contributed by atoms with Crippen molar-refractivity contribution in [1.82, 2.24) is 5.32 Å². The number of imide groups is 1. The molecule has 0 aliphatic carbocycles. The SMILES string of the molecule is Cc1ccc(C2CC(=O)NC2=O)cc1C. The Bertz CT molecular complexity index is 437. The Morgan fingerprint density at radius 3 is 2.47 bits per heavy atom. The van der Waals surface area contributed by atoms with Crippen molar-refractivity contribution in [3.63, 3.8) is 0 Å². The number of amides is 2. The molecule has 3 heteroatoms. The standard InChI is InChI=1S/C12H13NO2/c1-7-3-4-9(5-8(7)2)10-6-11(14)13-12(10)15/h3-5,10H,6H2,1-2H3,(H,13,14,15). The second-order valence-electron chi connectivity index (χ2n) is 4.01. The number of hydrogen-bond acceptors (Lipinski definition) is 2. The van der Waals surface area contributed by atoms with Crippen molar-refractivity contribution < 1.29 is 9.59 Å². The minimum atomic E-state index is -0.295. The van der Waals surface area contributed by atoms with Crippen LogP contribution in [0.3, 0.4) is 0 Å². The van der Waals surface area contributed by atoms with Crippen LogP contribution in [-0.2, 0) is 9.59 Å². The molecule has 0 aromatic heterocycles. The normalized spacial score (nSPS) is 20.5. The molecule has 1 fully saturated rings. The van der Waals surface area contributed by atoms with Gasteiger partial charge in [0.2, 0.25) is 11.8 Å². The molecule has 0 spiro atoms. The molecule has 78 valence electrons. The van der Waals surface area contributed by atoms with E-state index in [0.717, 1.165) is 11.1 Å². The molecule has 1 saturated heterocycles. The average molecular weight is 203 g/mol. The summed E-state index contributed by atoms with van der Waals surface area (Å²) in [5, 5.41) is 2.32. The Morgan fingerprint density at radius 1 is 1.20 bits per heavy atom. The third-order valence-electron chi connectivity index (χ3n) is 2.90. The largest absolute Gasteiger partial charge is 0.296 e. The van der Waals surface area contributed by atoms with E-state index in [4.69, 9.17) is 0 Å². The highest BCUT2D eigenvalue weighted by molar-refractivity contribution is 6.06. The molecule has 1 heterocycles. The van der Waals surface area contributed by atoms with E-state index in [1.165, 1.54) is 5.56 Å². The zero-order valence-corrected chi connectivity index (χ0v) is 8.83. The predicted octanol–water partition coefficient (Wildman–Crippen LogP) is 1.43. The summed E-state index contributed by atoms with van der Waals surface area (Å²) in [6, 6.07) is 5.89. The molecule has 15 heavy (non-hydrogen) atoms. The minimum absolute atomic E-state index is 0.178. The highest BCUT2D eigenvalue weighted by atomic mass is 16.2. The zero-order valence-electron chi connectivity index (χ0n) is 8.83. The lowest BCUT2D eigenvalue weighted by molar-refractivity contribution is -0.125. The van der Waals surface area contributed by atoms with E-state index in [1.54, 1.807) is 0 Å². The third kappa shape index (κ3) is 1.77. The maximum atomic E-state index is 11.4. The second kappa shape index (κ2) is 3.50. The van der Waals surface area contributed by atoms with Gasteiger partial charge in [0.1, 0.15) is 0 Å². The number of nitrogens with one attached hydrogen (secondary N) is 1. The van der Waals surface area contributed by atoms with Crippen LogP contribution in [0.2, 0.25) is 0 Å². The molecule has 1 aliphatic heterocycles. The summed E-state index contributed by atoms with van der Waals surface area (Å²) in [7, 11) is 0. The van der Waals surface area contributed by atoms with Gasteiger partial charge >= 0.3 is 0 Å². The lowest BCUT2D eigenvalue weighted by Crippen LogP contribution is -2.21. The quantitative estimate of drug-likeness (QED) is 0.702. The summed E-state index contributed by atoms with van der Waals surface area (Å²) in [6.45, 7) is 4.03. The smallest absolute Gasteiger partial charge is 0.234 e. The lowest BCUT2D eigenvalue weighted by Gasteiger charge is -2.08. The van der Waals surface area contributed by atoms with Gasteiger partial charge in [-0.05, 0) is 30.5 Å². The maximum Gasteiger partial charge on any atom is 0.234 e. The number of aryl methyl sites for hydroxylation is 2. The van der Waals surface area contributed by atoms with Gasteiger partial charge in [-0.3, -0.25) is 14.9 Å². The van der Waals surface area contributed by atoms with Gasteiger partial charge < -0.3 is 0 Å². The number of hydrogen-bond donors (Lipinski definition) is 1. The van der Waals surface area contributed by atoms with Gasteiger partial charge in [0, 0.05) is 6.42 Å². The first kappa shape index (κ1) is 9.90. The topological polar surface area (TPSA) is 46.2 Å². The van der Waals surface area contributed by atoms with Crippen molar-refractivity contribution in [2.24, 2.45) is 0 Å². The maximum absolute atomic E-state index is 11.4. The summed E-state index contributed by atoms with van der Waals surface area (Å²) < 4.78 is 0. The van der Waals surface area contributed by atoms with Gasteiger partial charge in [-0.1, -0.05) is 18.2 Å². The van der Waals surface area contributed by atoms with Crippen LogP contribution < -0.4 is 5.32 Å². The van der Waals surface area contributed by atoms with Crippen molar-refractivity contribution in [3.05, 3.63) is 34.9 Å². The van der Waals surface area contributed by atoms with E-state index in [9.17, 15) is 9.59 Å². The van der Waals surface area contributed by atoms with E-state index in [-0.39, 0.29) is 24.2 Å². The van der Waals surface area contributed by atoms with Gasteiger partial charge in [0.25, 0.3) is 0 Å². The molecule has 0 radical (unpaired) electrons. The summed E-state index contributed by atoms with van der Waals surface area (Å²) in [5.74, 6) is -0.650. The molecular weight excluding hydrogens is 190 g/mol. The molecule has 1 atom stereocenters. The summed E-state index contributed by atoms with van der Waals surface area (Å²) in [4.78, 5) is 22.5. The fraction of sp³-hybridized carbons (Fsp3) is 0.333. The molecule has 2 rings (SSSR count). The Kier molecular flexibility index (Phi) is 2.31. The Balaban J connectivity index is 2.34. The monoisotopic (exact) mass is 203 g/mol. The zero-order chi connectivity index (χ0) is 11.0. The highest BCUT2D eigenvalue weighted by Crippen LogP contribution is 2.25. The van der Waals surface area contributed by atoms with Crippen LogP contribution >= 0.6 is 0 Å². The first-order valence-corrected chi connectivity index (χ1v) is 4.99. The van der Waals surface area contributed by atoms with E-state index >= 15 is 0 Å². The number of benzene rings is 1. The van der Waals surface area contributed by atoms with Crippen molar-refractivity contribution in [2.75, 3.05) is 0 Å². The molecule has 1 N–H and O–H groups in total. The minimum Gasteiger partial charge on any atom is -0.296 e. The molecule has 1 aromatic rings. The summed E-state index contributed by atoms with van der Waals surface area (Å²) in [6.07, 6.45) is 0.279. The van der Waals surface area contributed by atoms with Gasteiger partial charge in [-0.25, -0.2) is 0 Å². The van der Waals surface area contributed by atoms with Crippen LogP contribution in [0.5, 0.6) is 0 Å². The van der Waals surface area contributed by atoms with Crippen LogP contribution in [0.1, 0.15) is 29.0 Å². The van der Waals surface area contributed by atoms with Crippen molar-refractivity contribution in [3.8, 4) is 0 Å². The molecule has 0 bridgehead atoms. The Labute approximate surface area is 88.5 Å². The van der Waals surface area contributed by atoms with Crippen LogP contribution in [0.25, 0.3) is 0 Å². The molecule has 1 unspecified atom stereocenters. The third-order valence-corrected chi connectivity index (χ3v) is 2.90. The van der Waals surface area contributed by atoms with Crippen LogP contribution in [0.4, 0.5) is 0 Å². The molecular formula is C12H13NO2. The van der Waals surface area contributed by atoms with E-state index in [0.29, 0.717) is 0 Å². The van der Waals surface area contributed by atoms with Crippen molar-refractivity contribution in [2.45, 2.75) is 26.2 Å². The van der Waals surface area contributed by atoms with E-state index in [2.05, 4.69) is 5.32 Å². The van der Waals surface area contributed by atoms with Gasteiger partial charge in [-0.15, -0.1) is 0 Å². The first-order chi connectivity index (χ1) is 7.08. The van der Waals surface area contributed by atoms with E-state index in [1.807, 2.05) is 32.0 Å². The van der Waals surface area contributed by atoms with Crippen LogP contribution in [0.15, 0.2) is 18.2 Å². The lowest BCUT2D eigenvalue weighted by atomic mass is 9.94. The van der Waals surface area contributed by atoms with Gasteiger partial charge in [-0.2, -0.15) is 0 Å². The number of carbonyl (C=O) groups excluding carboxylic acids is 2. The van der Waals surface area contributed by atoms with Crippen LogP contribution in [0, 0.1) is 13.8 Å². The summed E-state index contributed by atoms with van der Waals surface area (Å²) >= 11 is 0. The highest BCUT2D eigenvalue weighted by Gasteiger charge is 2.31. The number of rotatable bonds is 1. The Hall–Kier alpha value is -1.64. The van der Waals surface area contributed by atoms with Gasteiger partial charge in [0.05, 0.1) is 5.92 Å².